The number of nitro groups is 1. The van der Waals surface area contributed by atoms with Gasteiger partial charge in [0.15, 0.2) is 0 Å². The van der Waals surface area contributed by atoms with E-state index in [0.29, 0.717) is 12.2 Å². The normalized spacial score (nSPS) is 13.1. The molecule has 8 heteroatoms. The number of rotatable bonds is 7. The van der Waals surface area contributed by atoms with Crippen molar-refractivity contribution in [3.63, 3.8) is 0 Å². The zero-order valence-electron chi connectivity index (χ0n) is 19.9. The van der Waals surface area contributed by atoms with Crippen LogP contribution in [0.3, 0.4) is 0 Å². The van der Waals surface area contributed by atoms with Gasteiger partial charge in [0.25, 0.3) is 11.6 Å². The molecule has 1 aliphatic heterocycles. The van der Waals surface area contributed by atoms with Crippen molar-refractivity contribution < 1.29 is 9.72 Å². The van der Waals surface area contributed by atoms with Gasteiger partial charge in [0, 0.05) is 47.8 Å². The molecule has 0 bridgehead atoms. The summed E-state index contributed by atoms with van der Waals surface area (Å²) in [5.41, 5.74) is 6.06. The number of carbonyl (C=O) groups is 1. The lowest BCUT2D eigenvalue weighted by molar-refractivity contribution is -0.384. The molecule has 1 N–H and O–H groups in total. The van der Waals surface area contributed by atoms with Crippen molar-refractivity contribution in [1.82, 2.24) is 10.3 Å². The molecule has 182 valence electrons. The quantitative estimate of drug-likeness (QED) is 0.241. The standard InChI is InChI=1S/C28H26N4O3S/c1-19-4-8-21(9-5-19)24-18-36-28(30-24)22-10-6-20(7-11-22)17-29-27(33)23-12-13-25(26(16-23)32(34)35)31-14-2-3-15-31/h4-13,16,18H,2-3,14-15,17H2,1H3,(H,29,33). The Morgan fingerprint density at radius 2 is 1.72 bits per heavy atom. The van der Waals surface area contributed by atoms with Gasteiger partial charge in [-0.05, 0) is 37.5 Å². The van der Waals surface area contributed by atoms with E-state index in [1.54, 1.807) is 23.5 Å². The summed E-state index contributed by atoms with van der Waals surface area (Å²) in [5.74, 6) is -0.335. The van der Waals surface area contributed by atoms with Crippen LogP contribution in [0.5, 0.6) is 0 Å². The van der Waals surface area contributed by atoms with E-state index in [9.17, 15) is 14.9 Å². The lowest BCUT2D eigenvalue weighted by atomic mass is 10.1. The second-order valence-corrected chi connectivity index (χ2v) is 9.80. The fraction of sp³-hybridized carbons (Fsp3) is 0.214. The summed E-state index contributed by atoms with van der Waals surface area (Å²) in [6.45, 7) is 4.00. The topological polar surface area (TPSA) is 88.4 Å². The van der Waals surface area contributed by atoms with Crippen LogP contribution in [0, 0.1) is 17.0 Å². The molecule has 0 saturated carbocycles. The van der Waals surface area contributed by atoms with Crippen LogP contribution in [0.2, 0.25) is 0 Å². The maximum absolute atomic E-state index is 12.7. The first-order valence-electron chi connectivity index (χ1n) is 11.9. The third-order valence-corrected chi connectivity index (χ3v) is 7.28. The number of benzene rings is 3. The molecule has 4 aromatic rings. The van der Waals surface area contributed by atoms with Crippen LogP contribution < -0.4 is 10.2 Å². The molecule has 36 heavy (non-hydrogen) atoms. The number of nitrogens with one attached hydrogen (secondary N) is 1. The van der Waals surface area contributed by atoms with Crippen LogP contribution >= 0.6 is 11.3 Å². The molecule has 1 aromatic heterocycles. The Kier molecular flexibility index (Phi) is 6.77. The van der Waals surface area contributed by atoms with E-state index >= 15 is 0 Å². The summed E-state index contributed by atoms with van der Waals surface area (Å²) in [4.78, 5) is 30.7. The van der Waals surface area contributed by atoms with Gasteiger partial charge in [0.05, 0.1) is 10.6 Å². The highest BCUT2D eigenvalue weighted by molar-refractivity contribution is 7.13. The van der Waals surface area contributed by atoms with E-state index in [2.05, 4.69) is 41.9 Å². The van der Waals surface area contributed by atoms with E-state index in [4.69, 9.17) is 4.98 Å². The maximum Gasteiger partial charge on any atom is 0.293 e. The Morgan fingerprint density at radius 3 is 2.42 bits per heavy atom. The van der Waals surface area contributed by atoms with Crippen molar-refractivity contribution in [3.05, 3.63) is 98.9 Å². The Morgan fingerprint density at radius 1 is 1.03 bits per heavy atom. The van der Waals surface area contributed by atoms with E-state index in [1.807, 2.05) is 29.2 Å². The first-order chi connectivity index (χ1) is 17.5. The van der Waals surface area contributed by atoms with Crippen LogP contribution in [0.15, 0.2) is 72.1 Å². The molecule has 7 nitrogen and oxygen atoms in total. The van der Waals surface area contributed by atoms with Crippen molar-refractivity contribution in [1.29, 1.82) is 0 Å². The maximum atomic E-state index is 12.7. The number of hydrogen-bond acceptors (Lipinski definition) is 6. The zero-order valence-corrected chi connectivity index (χ0v) is 20.8. The monoisotopic (exact) mass is 498 g/mol. The number of amides is 1. The molecule has 1 fully saturated rings. The smallest absolute Gasteiger partial charge is 0.293 e. The van der Waals surface area contributed by atoms with Crippen LogP contribution in [0.25, 0.3) is 21.8 Å². The van der Waals surface area contributed by atoms with Gasteiger partial charge in [-0.3, -0.25) is 14.9 Å². The number of carbonyl (C=O) groups excluding carboxylic acids is 1. The summed E-state index contributed by atoms with van der Waals surface area (Å²) < 4.78 is 0. The molecule has 5 rings (SSSR count). The van der Waals surface area contributed by atoms with Gasteiger partial charge in [-0.1, -0.05) is 54.1 Å². The van der Waals surface area contributed by atoms with E-state index < -0.39 is 4.92 Å². The van der Waals surface area contributed by atoms with Crippen LogP contribution in [0.4, 0.5) is 11.4 Å². The number of aryl methyl sites for hydroxylation is 1. The van der Waals surface area contributed by atoms with Crippen molar-refractivity contribution in [2.75, 3.05) is 18.0 Å². The minimum Gasteiger partial charge on any atom is -0.366 e. The largest absolute Gasteiger partial charge is 0.366 e. The molecule has 0 atom stereocenters. The van der Waals surface area contributed by atoms with Crippen LogP contribution in [0.1, 0.15) is 34.3 Å². The fourth-order valence-electron chi connectivity index (χ4n) is 4.35. The van der Waals surface area contributed by atoms with Gasteiger partial charge in [0.1, 0.15) is 10.7 Å². The van der Waals surface area contributed by atoms with Crippen molar-refractivity contribution in [3.8, 4) is 21.8 Å². The van der Waals surface area contributed by atoms with E-state index in [1.165, 1.54) is 11.6 Å². The van der Waals surface area contributed by atoms with E-state index in [-0.39, 0.29) is 17.2 Å². The SMILES string of the molecule is Cc1ccc(-c2csc(-c3ccc(CNC(=O)c4ccc(N5CCCC5)c([N+](=O)[O-])c4)cc3)n2)cc1. The second-order valence-electron chi connectivity index (χ2n) is 8.94. The molecule has 0 spiro atoms. The third kappa shape index (κ3) is 5.13. The number of hydrogen-bond donors (Lipinski definition) is 1. The molecule has 3 aromatic carbocycles. The van der Waals surface area contributed by atoms with Gasteiger partial charge in [-0.25, -0.2) is 4.98 Å². The first-order valence-corrected chi connectivity index (χ1v) is 12.8. The second kappa shape index (κ2) is 10.3. The molecule has 0 aliphatic carbocycles. The van der Waals surface area contributed by atoms with Gasteiger partial charge >= 0.3 is 0 Å². The summed E-state index contributed by atoms with van der Waals surface area (Å²) in [5, 5.41) is 17.5. The molecule has 2 heterocycles. The number of nitro benzene ring substituents is 1. The summed E-state index contributed by atoms with van der Waals surface area (Å²) in [6.07, 6.45) is 2.04. The third-order valence-electron chi connectivity index (χ3n) is 6.39. The Bertz CT molecular complexity index is 1390. The van der Waals surface area contributed by atoms with E-state index in [0.717, 1.165) is 53.3 Å². The number of nitrogens with zero attached hydrogens (tertiary/aromatic N) is 3. The molecule has 1 amide bonds. The summed E-state index contributed by atoms with van der Waals surface area (Å²) >= 11 is 1.60. The molecular weight excluding hydrogens is 472 g/mol. The van der Waals surface area contributed by atoms with Crippen molar-refractivity contribution in [2.45, 2.75) is 26.3 Å². The van der Waals surface area contributed by atoms with Crippen LogP contribution in [-0.4, -0.2) is 28.9 Å². The highest BCUT2D eigenvalue weighted by atomic mass is 32.1. The van der Waals surface area contributed by atoms with Crippen molar-refractivity contribution >= 4 is 28.6 Å². The van der Waals surface area contributed by atoms with Gasteiger partial charge in [-0.2, -0.15) is 0 Å². The Hall–Kier alpha value is -4.04. The molecule has 0 unspecified atom stereocenters. The van der Waals surface area contributed by atoms with Gasteiger partial charge in [0.2, 0.25) is 0 Å². The summed E-state index contributed by atoms with van der Waals surface area (Å²) in [6, 6.07) is 20.9. The predicted octanol–water partition coefficient (Wildman–Crippen LogP) is 6.22. The Balaban J connectivity index is 1.23. The van der Waals surface area contributed by atoms with Crippen molar-refractivity contribution in [2.24, 2.45) is 0 Å². The minimum absolute atomic E-state index is 0.0256. The first kappa shape index (κ1) is 23.7. The highest BCUT2D eigenvalue weighted by Crippen LogP contribution is 2.32. The minimum atomic E-state index is -0.411. The van der Waals surface area contributed by atoms with Crippen LogP contribution in [-0.2, 0) is 6.54 Å². The molecule has 1 aliphatic rings. The molecule has 1 saturated heterocycles. The predicted molar refractivity (Wildman–Crippen MR) is 143 cm³/mol. The number of anilines is 1. The zero-order chi connectivity index (χ0) is 25.1. The highest BCUT2D eigenvalue weighted by Gasteiger charge is 2.23. The van der Waals surface area contributed by atoms with Gasteiger partial charge < -0.3 is 10.2 Å². The lowest BCUT2D eigenvalue weighted by Gasteiger charge is -2.17. The molecular formula is C28H26N4O3S. The average Bonchev–Trinajstić information content (AvgIpc) is 3.61. The summed E-state index contributed by atoms with van der Waals surface area (Å²) in [7, 11) is 0. The molecule has 0 radical (unpaired) electrons. The van der Waals surface area contributed by atoms with Gasteiger partial charge in [-0.15, -0.1) is 11.3 Å². The Labute approximate surface area is 213 Å². The average molecular weight is 499 g/mol. The number of aromatic nitrogens is 1. The fourth-order valence-corrected chi connectivity index (χ4v) is 5.18. The number of thiazole rings is 1. The lowest BCUT2D eigenvalue weighted by Crippen LogP contribution is -2.23.